The van der Waals surface area contributed by atoms with Crippen molar-refractivity contribution in [2.75, 3.05) is 24.5 Å². The van der Waals surface area contributed by atoms with Crippen molar-refractivity contribution in [3.63, 3.8) is 0 Å². The lowest BCUT2D eigenvalue weighted by Gasteiger charge is -2.32. The molecule has 1 aromatic heterocycles. The molecule has 0 aliphatic carbocycles. The van der Waals surface area contributed by atoms with E-state index in [1.165, 1.54) is 6.42 Å². The molecule has 1 atom stereocenters. The fourth-order valence-corrected chi connectivity index (χ4v) is 2.33. The summed E-state index contributed by atoms with van der Waals surface area (Å²) in [6.45, 7) is 4.60. The van der Waals surface area contributed by atoms with E-state index in [0.717, 1.165) is 37.7 Å². The monoisotopic (exact) mass is 240 g/mol. The Hall–Kier alpha value is -0.870. The first-order valence-corrected chi connectivity index (χ1v) is 6.03. The lowest BCUT2D eigenvalue weighted by molar-refractivity contribution is 0.419. The van der Waals surface area contributed by atoms with Gasteiger partial charge in [0.2, 0.25) is 5.95 Å². The lowest BCUT2D eigenvalue weighted by atomic mass is 9.99. The fraction of sp³-hybridized carbons (Fsp3) is 0.636. The van der Waals surface area contributed by atoms with Crippen LogP contribution in [0, 0.1) is 12.8 Å². The summed E-state index contributed by atoms with van der Waals surface area (Å²) in [5.41, 5.74) is 6.62. The van der Waals surface area contributed by atoms with E-state index in [0.29, 0.717) is 11.1 Å². The molecule has 1 fully saturated rings. The van der Waals surface area contributed by atoms with Crippen molar-refractivity contribution in [1.82, 2.24) is 9.97 Å². The van der Waals surface area contributed by atoms with Crippen LogP contribution in [-0.2, 0) is 0 Å². The Balaban J connectivity index is 2.16. The van der Waals surface area contributed by atoms with E-state index in [2.05, 4.69) is 14.9 Å². The second-order valence-corrected chi connectivity index (χ2v) is 4.71. The van der Waals surface area contributed by atoms with Gasteiger partial charge in [-0.1, -0.05) is 11.6 Å². The van der Waals surface area contributed by atoms with Gasteiger partial charge in [0.1, 0.15) is 5.15 Å². The third kappa shape index (κ3) is 2.62. The normalized spacial score (nSPS) is 21.2. The first-order chi connectivity index (χ1) is 7.69. The zero-order valence-corrected chi connectivity index (χ0v) is 10.2. The topological polar surface area (TPSA) is 55.0 Å². The molecule has 0 bridgehead atoms. The molecule has 4 nitrogen and oxygen atoms in total. The molecule has 0 amide bonds. The lowest BCUT2D eigenvalue weighted by Crippen LogP contribution is -2.39. The summed E-state index contributed by atoms with van der Waals surface area (Å²) in [6.07, 6.45) is 2.35. The quantitative estimate of drug-likeness (QED) is 0.799. The molecule has 1 aromatic rings. The molecular weight excluding hydrogens is 224 g/mol. The number of nitrogens with zero attached hydrogens (tertiary/aromatic N) is 3. The van der Waals surface area contributed by atoms with Gasteiger partial charge in [-0.25, -0.2) is 9.97 Å². The van der Waals surface area contributed by atoms with Crippen LogP contribution >= 0.6 is 11.6 Å². The average Bonchev–Trinajstić information content (AvgIpc) is 2.28. The highest BCUT2D eigenvalue weighted by atomic mass is 35.5. The first-order valence-electron chi connectivity index (χ1n) is 5.65. The highest BCUT2D eigenvalue weighted by Gasteiger charge is 2.20. The molecule has 1 aliphatic heterocycles. The van der Waals surface area contributed by atoms with Gasteiger partial charge in [-0.05, 0) is 38.3 Å². The number of hydrogen-bond acceptors (Lipinski definition) is 4. The number of nitrogens with two attached hydrogens (primary N) is 1. The zero-order chi connectivity index (χ0) is 11.5. The molecule has 0 aromatic carbocycles. The molecule has 2 rings (SSSR count). The number of anilines is 1. The minimum Gasteiger partial charge on any atom is -0.340 e. The summed E-state index contributed by atoms with van der Waals surface area (Å²) in [5, 5.41) is 0.511. The fourth-order valence-electron chi connectivity index (χ4n) is 2.10. The number of aromatic nitrogens is 2. The third-order valence-corrected chi connectivity index (χ3v) is 3.14. The summed E-state index contributed by atoms with van der Waals surface area (Å²) in [7, 11) is 0. The van der Waals surface area contributed by atoms with E-state index in [4.69, 9.17) is 17.3 Å². The van der Waals surface area contributed by atoms with Gasteiger partial charge in [0.25, 0.3) is 0 Å². The van der Waals surface area contributed by atoms with Crippen LogP contribution in [0.5, 0.6) is 0 Å². The summed E-state index contributed by atoms with van der Waals surface area (Å²) < 4.78 is 0. The SMILES string of the molecule is Cc1cc(Cl)nc(N2CCC[C@H](CN)C2)n1. The second-order valence-electron chi connectivity index (χ2n) is 4.32. The maximum Gasteiger partial charge on any atom is 0.226 e. The van der Waals surface area contributed by atoms with Crippen LogP contribution in [0.3, 0.4) is 0 Å². The third-order valence-electron chi connectivity index (χ3n) is 2.95. The maximum absolute atomic E-state index is 5.94. The van der Waals surface area contributed by atoms with Crippen molar-refractivity contribution in [1.29, 1.82) is 0 Å². The van der Waals surface area contributed by atoms with Crippen molar-refractivity contribution < 1.29 is 0 Å². The maximum atomic E-state index is 5.94. The molecule has 5 heteroatoms. The summed E-state index contributed by atoms with van der Waals surface area (Å²) in [5.74, 6) is 1.29. The smallest absolute Gasteiger partial charge is 0.226 e. The van der Waals surface area contributed by atoms with E-state index >= 15 is 0 Å². The predicted molar refractivity (Wildman–Crippen MR) is 65.8 cm³/mol. The zero-order valence-electron chi connectivity index (χ0n) is 9.49. The molecule has 16 heavy (non-hydrogen) atoms. The Morgan fingerprint density at radius 2 is 2.38 bits per heavy atom. The van der Waals surface area contributed by atoms with Crippen molar-refractivity contribution in [3.05, 3.63) is 16.9 Å². The number of piperidine rings is 1. The van der Waals surface area contributed by atoms with Crippen LogP contribution < -0.4 is 10.6 Å². The standard InChI is InChI=1S/C11H17ClN4/c1-8-5-10(12)15-11(14-8)16-4-2-3-9(6-13)7-16/h5,9H,2-4,6-7,13H2,1H3/t9-/m1/s1. The molecule has 0 radical (unpaired) electrons. The van der Waals surface area contributed by atoms with Crippen LogP contribution in [0.1, 0.15) is 18.5 Å². The molecule has 2 N–H and O–H groups in total. The van der Waals surface area contributed by atoms with Gasteiger partial charge in [0.15, 0.2) is 0 Å². The number of hydrogen-bond donors (Lipinski definition) is 1. The molecule has 1 aliphatic rings. The van der Waals surface area contributed by atoms with E-state index < -0.39 is 0 Å². The minimum atomic E-state index is 0.511. The summed E-state index contributed by atoms with van der Waals surface area (Å²) >= 11 is 5.94. The van der Waals surface area contributed by atoms with Crippen LogP contribution in [0.25, 0.3) is 0 Å². The molecule has 2 heterocycles. The molecule has 0 unspecified atom stereocenters. The minimum absolute atomic E-state index is 0.511. The van der Waals surface area contributed by atoms with Crippen LogP contribution in [0.2, 0.25) is 5.15 Å². The van der Waals surface area contributed by atoms with Gasteiger partial charge in [-0.15, -0.1) is 0 Å². The largest absolute Gasteiger partial charge is 0.340 e. The highest BCUT2D eigenvalue weighted by Crippen LogP contribution is 2.21. The first kappa shape index (κ1) is 11.6. The van der Waals surface area contributed by atoms with Crippen LogP contribution in [-0.4, -0.2) is 29.6 Å². The summed E-state index contributed by atoms with van der Waals surface area (Å²) in [6, 6.07) is 1.77. The van der Waals surface area contributed by atoms with E-state index in [1.807, 2.05) is 6.92 Å². The Kier molecular flexibility index (Phi) is 3.61. The predicted octanol–water partition coefficient (Wildman–Crippen LogP) is 1.61. The van der Waals surface area contributed by atoms with Crippen molar-refractivity contribution in [2.45, 2.75) is 19.8 Å². The second kappa shape index (κ2) is 4.97. The van der Waals surface area contributed by atoms with E-state index in [9.17, 15) is 0 Å². The van der Waals surface area contributed by atoms with Gasteiger partial charge in [0, 0.05) is 18.8 Å². The Labute approximate surface area is 101 Å². The van der Waals surface area contributed by atoms with Crippen molar-refractivity contribution >= 4 is 17.5 Å². The van der Waals surface area contributed by atoms with Crippen molar-refractivity contribution in [3.8, 4) is 0 Å². The van der Waals surface area contributed by atoms with Crippen LogP contribution in [0.4, 0.5) is 5.95 Å². The molecule has 0 spiro atoms. The number of rotatable bonds is 2. The van der Waals surface area contributed by atoms with Gasteiger partial charge in [0.05, 0.1) is 0 Å². The van der Waals surface area contributed by atoms with Gasteiger partial charge < -0.3 is 10.6 Å². The Morgan fingerprint density at radius 3 is 3.06 bits per heavy atom. The molecule has 0 saturated carbocycles. The van der Waals surface area contributed by atoms with Crippen molar-refractivity contribution in [2.24, 2.45) is 11.7 Å². The van der Waals surface area contributed by atoms with Crippen LogP contribution in [0.15, 0.2) is 6.07 Å². The number of aryl methyl sites for hydroxylation is 1. The molecule has 1 saturated heterocycles. The number of halogens is 1. The average molecular weight is 241 g/mol. The van der Waals surface area contributed by atoms with E-state index in [1.54, 1.807) is 6.07 Å². The van der Waals surface area contributed by atoms with Gasteiger partial charge >= 0.3 is 0 Å². The summed E-state index contributed by atoms with van der Waals surface area (Å²) in [4.78, 5) is 10.9. The molecule has 88 valence electrons. The Morgan fingerprint density at radius 1 is 1.56 bits per heavy atom. The highest BCUT2D eigenvalue weighted by molar-refractivity contribution is 6.29. The van der Waals surface area contributed by atoms with Gasteiger partial charge in [-0.2, -0.15) is 0 Å². The molecular formula is C11H17ClN4. The Bertz CT molecular complexity index is 349. The van der Waals surface area contributed by atoms with Gasteiger partial charge in [-0.3, -0.25) is 0 Å². The van der Waals surface area contributed by atoms with E-state index in [-0.39, 0.29) is 0 Å².